The molecule has 0 spiro atoms. The van der Waals surface area contributed by atoms with Crippen LogP contribution in [0.3, 0.4) is 0 Å². The summed E-state index contributed by atoms with van der Waals surface area (Å²) >= 11 is 3.22. The summed E-state index contributed by atoms with van der Waals surface area (Å²) in [6, 6.07) is 4.38. The number of hydrogen-bond acceptors (Lipinski definition) is 3. The molecule has 0 heterocycles. The Bertz CT molecular complexity index is 514. The van der Waals surface area contributed by atoms with E-state index in [-0.39, 0.29) is 23.6 Å². The first kappa shape index (κ1) is 16.5. The Kier molecular flexibility index (Phi) is 5.56. The van der Waals surface area contributed by atoms with Crippen molar-refractivity contribution in [3.63, 3.8) is 0 Å². The SMILES string of the molecule is CCC(C)(C)NC(=O)COc1ccc(C(=O)O)cc1Br. The molecule has 0 bridgehead atoms. The molecule has 1 aromatic carbocycles. The highest BCUT2D eigenvalue weighted by atomic mass is 79.9. The molecule has 1 aromatic rings. The summed E-state index contributed by atoms with van der Waals surface area (Å²) in [5, 5.41) is 11.7. The number of rotatable bonds is 6. The normalized spacial score (nSPS) is 11.0. The molecule has 1 rings (SSSR count). The highest BCUT2D eigenvalue weighted by Gasteiger charge is 2.18. The molecule has 0 radical (unpaired) electrons. The Balaban J connectivity index is 2.62. The van der Waals surface area contributed by atoms with Crippen molar-refractivity contribution in [3.05, 3.63) is 28.2 Å². The number of hydrogen-bond donors (Lipinski definition) is 2. The van der Waals surface area contributed by atoms with Gasteiger partial charge in [-0.2, -0.15) is 0 Å². The van der Waals surface area contributed by atoms with Crippen molar-refractivity contribution >= 4 is 27.8 Å². The Labute approximate surface area is 126 Å². The molecular weight excluding hydrogens is 326 g/mol. The smallest absolute Gasteiger partial charge is 0.335 e. The average Bonchev–Trinajstić information content (AvgIpc) is 2.36. The molecule has 0 aliphatic carbocycles. The Morgan fingerprint density at radius 3 is 2.55 bits per heavy atom. The summed E-state index contributed by atoms with van der Waals surface area (Å²) in [5.41, 5.74) is -0.119. The van der Waals surface area contributed by atoms with Gasteiger partial charge >= 0.3 is 5.97 Å². The molecule has 0 unspecified atom stereocenters. The van der Waals surface area contributed by atoms with Gasteiger partial charge in [0, 0.05) is 5.54 Å². The maximum Gasteiger partial charge on any atom is 0.335 e. The molecule has 0 fully saturated rings. The van der Waals surface area contributed by atoms with Crippen LogP contribution in [0.25, 0.3) is 0 Å². The van der Waals surface area contributed by atoms with Crippen LogP contribution in [0.15, 0.2) is 22.7 Å². The summed E-state index contributed by atoms with van der Waals surface area (Å²) < 4.78 is 5.87. The van der Waals surface area contributed by atoms with Crippen molar-refractivity contribution in [2.45, 2.75) is 32.7 Å². The van der Waals surface area contributed by atoms with E-state index in [0.29, 0.717) is 10.2 Å². The fraction of sp³-hybridized carbons (Fsp3) is 0.429. The van der Waals surface area contributed by atoms with Gasteiger partial charge in [0.25, 0.3) is 5.91 Å². The zero-order valence-corrected chi connectivity index (χ0v) is 13.3. The molecule has 5 nitrogen and oxygen atoms in total. The number of halogens is 1. The number of carbonyl (C=O) groups excluding carboxylic acids is 1. The molecule has 0 aromatic heterocycles. The van der Waals surface area contributed by atoms with E-state index >= 15 is 0 Å². The van der Waals surface area contributed by atoms with Crippen LogP contribution in [0, 0.1) is 0 Å². The van der Waals surface area contributed by atoms with Crippen molar-refractivity contribution in [2.75, 3.05) is 6.61 Å². The van der Waals surface area contributed by atoms with Crippen LogP contribution in [-0.4, -0.2) is 29.1 Å². The van der Waals surface area contributed by atoms with Crippen LogP contribution >= 0.6 is 15.9 Å². The average molecular weight is 344 g/mol. The van der Waals surface area contributed by atoms with Gasteiger partial charge in [0.1, 0.15) is 5.75 Å². The zero-order chi connectivity index (χ0) is 15.3. The minimum Gasteiger partial charge on any atom is -0.483 e. The summed E-state index contributed by atoms with van der Waals surface area (Å²) in [4.78, 5) is 22.5. The third-order valence-corrected chi connectivity index (χ3v) is 3.52. The Morgan fingerprint density at radius 2 is 2.05 bits per heavy atom. The molecule has 0 saturated carbocycles. The number of benzene rings is 1. The lowest BCUT2D eigenvalue weighted by Crippen LogP contribution is -2.44. The minimum atomic E-state index is -1.01. The maximum absolute atomic E-state index is 11.7. The lowest BCUT2D eigenvalue weighted by atomic mass is 10.0. The lowest BCUT2D eigenvalue weighted by Gasteiger charge is -2.24. The first-order chi connectivity index (χ1) is 9.25. The highest BCUT2D eigenvalue weighted by molar-refractivity contribution is 9.10. The number of carboxylic acids is 1. The van der Waals surface area contributed by atoms with E-state index < -0.39 is 5.97 Å². The molecule has 20 heavy (non-hydrogen) atoms. The van der Waals surface area contributed by atoms with Crippen molar-refractivity contribution in [2.24, 2.45) is 0 Å². The standard InChI is InChI=1S/C14H18BrNO4/c1-4-14(2,3)16-12(17)8-20-11-6-5-9(13(18)19)7-10(11)15/h5-7H,4,8H2,1-3H3,(H,16,17)(H,18,19). The highest BCUT2D eigenvalue weighted by Crippen LogP contribution is 2.26. The topological polar surface area (TPSA) is 75.6 Å². The quantitative estimate of drug-likeness (QED) is 0.832. The first-order valence-electron chi connectivity index (χ1n) is 6.22. The van der Waals surface area contributed by atoms with Crippen LogP contribution in [0.4, 0.5) is 0 Å². The van der Waals surface area contributed by atoms with E-state index in [1.165, 1.54) is 18.2 Å². The van der Waals surface area contributed by atoms with Gasteiger partial charge in [-0.25, -0.2) is 4.79 Å². The van der Waals surface area contributed by atoms with Crippen molar-refractivity contribution in [1.29, 1.82) is 0 Å². The Morgan fingerprint density at radius 1 is 1.40 bits per heavy atom. The number of carbonyl (C=O) groups is 2. The van der Waals surface area contributed by atoms with E-state index in [1.54, 1.807) is 0 Å². The molecule has 0 aliphatic heterocycles. The van der Waals surface area contributed by atoms with E-state index in [0.717, 1.165) is 6.42 Å². The second kappa shape index (κ2) is 6.74. The van der Waals surface area contributed by atoms with Gasteiger partial charge in [0.2, 0.25) is 0 Å². The molecule has 0 saturated heterocycles. The van der Waals surface area contributed by atoms with Gasteiger partial charge in [-0.05, 0) is 54.4 Å². The summed E-state index contributed by atoms with van der Waals surface area (Å²) in [5.74, 6) is -0.801. The van der Waals surface area contributed by atoms with Gasteiger partial charge in [0.15, 0.2) is 6.61 Å². The third kappa shape index (κ3) is 4.85. The zero-order valence-electron chi connectivity index (χ0n) is 11.7. The number of carboxylic acid groups (broad SMARTS) is 1. The molecule has 2 N–H and O–H groups in total. The number of aromatic carboxylic acids is 1. The summed E-state index contributed by atoms with van der Waals surface area (Å²) in [7, 11) is 0. The second-order valence-corrected chi connectivity index (χ2v) is 5.88. The van der Waals surface area contributed by atoms with Gasteiger partial charge in [-0.3, -0.25) is 4.79 Å². The van der Waals surface area contributed by atoms with E-state index in [4.69, 9.17) is 9.84 Å². The van der Waals surface area contributed by atoms with E-state index in [9.17, 15) is 9.59 Å². The van der Waals surface area contributed by atoms with Crippen molar-refractivity contribution in [3.8, 4) is 5.75 Å². The predicted octanol–water partition coefficient (Wildman–Crippen LogP) is 2.83. The van der Waals surface area contributed by atoms with E-state index in [1.807, 2.05) is 20.8 Å². The lowest BCUT2D eigenvalue weighted by molar-refractivity contribution is -0.124. The van der Waals surface area contributed by atoms with Crippen molar-refractivity contribution < 1.29 is 19.4 Å². The van der Waals surface area contributed by atoms with Gasteiger partial charge in [0.05, 0.1) is 10.0 Å². The van der Waals surface area contributed by atoms with Gasteiger partial charge < -0.3 is 15.2 Å². The van der Waals surface area contributed by atoms with Crippen LogP contribution in [0.1, 0.15) is 37.6 Å². The largest absolute Gasteiger partial charge is 0.483 e. The summed E-state index contributed by atoms with van der Waals surface area (Å²) in [6.45, 7) is 5.74. The second-order valence-electron chi connectivity index (χ2n) is 5.02. The molecule has 0 aliphatic rings. The number of amides is 1. The first-order valence-corrected chi connectivity index (χ1v) is 7.01. The Hall–Kier alpha value is -1.56. The fourth-order valence-electron chi connectivity index (χ4n) is 1.40. The van der Waals surface area contributed by atoms with E-state index in [2.05, 4.69) is 21.2 Å². The van der Waals surface area contributed by atoms with Crippen LogP contribution < -0.4 is 10.1 Å². The maximum atomic E-state index is 11.7. The van der Waals surface area contributed by atoms with Crippen LogP contribution in [0.5, 0.6) is 5.75 Å². The molecule has 1 amide bonds. The van der Waals surface area contributed by atoms with Crippen LogP contribution in [0.2, 0.25) is 0 Å². The van der Waals surface area contributed by atoms with Gasteiger partial charge in [-0.15, -0.1) is 0 Å². The fourth-order valence-corrected chi connectivity index (χ4v) is 1.89. The van der Waals surface area contributed by atoms with Crippen molar-refractivity contribution in [1.82, 2.24) is 5.32 Å². The monoisotopic (exact) mass is 343 g/mol. The molecular formula is C14H18BrNO4. The van der Waals surface area contributed by atoms with Crippen LogP contribution in [-0.2, 0) is 4.79 Å². The third-order valence-electron chi connectivity index (χ3n) is 2.90. The minimum absolute atomic E-state index is 0.117. The number of ether oxygens (including phenoxy) is 1. The molecule has 6 heteroatoms. The molecule has 0 atom stereocenters. The van der Waals surface area contributed by atoms with Gasteiger partial charge in [-0.1, -0.05) is 6.92 Å². The number of nitrogens with one attached hydrogen (secondary N) is 1. The predicted molar refractivity (Wildman–Crippen MR) is 79.1 cm³/mol. The molecule has 110 valence electrons. The summed E-state index contributed by atoms with van der Waals surface area (Å²) in [6.07, 6.45) is 0.815.